The van der Waals surface area contributed by atoms with Gasteiger partial charge in [-0.3, -0.25) is 4.79 Å². The van der Waals surface area contributed by atoms with Gasteiger partial charge in [0.2, 0.25) is 0 Å². The SMILES string of the molecule is O=C(O)c1ccc(NC(=O)C(F)(F)C(F)(F)F)nc1. The number of alkyl halides is 5. The molecule has 104 valence electrons. The van der Waals surface area contributed by atoms with Crippen LogP contribution in [0.5, 0.6) is 0 Å². The minimum Gasteiger partial charge on any atom is -0.478 e. The van der Waals surface area contributed by atoms with E-state index in [0.717, 1.165) is 12.1 Å². The van der Waals surface area contributed by atoms with Gasteiger partial charge >= 0.3 is 24.0 Å². The zero-order valence-corrected chi connectivity index (χ0v) is 8.83. The number of carboxylic acids is 1. The minimum atomic E-state index is -6.03. The summed E-state index contributed by atoms with van der Waals surface area (Å²) in [6.45, 7) is 0. The normalized spacial score (nSPS) is 12.1. The van der Waals surface area contributed by atoms with E-state index in [4.69, 9.17) is 5.11 Å². The first-order valence-corrected chi connectivity index (χ1v) is 4.51. The van der Waals surface area contributed by atoms with Crippen LogP contribution in [0.1, 0.15) is 10.4 Å². The van der Waals surface area contributed by atoms with E-state index in [2.05, 4.69) is 4.98 Å². The zero-order chi connectivity index (χ0) is 14.8. The van der Waals surface area contributed by atoms with E-state index in [1.54, 1.807) is 0 Å². The van der Waals surface area contributed by atoms with E-state index < -0.39 is 29.8 Å². The Hall–Kier alpha value is -2.26. The summed E-state index contributed by atoms with van der Waals surface area (Å²) < 4.78 is 60.7. The van der Waals surface area contributed by atoms with Gasteiger partial charge in [0.25, 0.3) is 0 Å². The molecule has 19 heavy (non-hydrogen) atoms. The molecule has 2 N–H and O–H groups in total. The first-order valence-electron chi connectivity index (χ1n) is 4.51. The third kappa shape index (κ3) is 3.14. The number of halogens is 5. The lowest BCUT2D eigenvalue weighted by Gasteiger charge is -2.18. The van der Waals surface area contributed by atoms with Crippen LogP contribution >= 0.6 is 0 Å². The van der Waals surface area contributed by atoms with Gasteiger partial charge in [-0.05, 0) is 12.1 Å². The Morgan fingerprint density at radius 1 is 1.16 bits per heavy atom. The molecule has 10 heteroatoms. The van der Waals surface area contributed by atoms with Crippen molar-refractivity contribution in [1.29, 1.82) is 0 Å². The van der Waals surface area contributed by atoms with Crippen LogP contribution in [0, 0.1) is 0 Å². The number of rotatable bonds is 3. The van der Waals surface area contributed by atoms with Crippen LogP contribution in [0.3, 0.4) is 0 Å². The van der Waals surface area contributed by atoms with Crippen LogP contribution in [0.2, 0.25) is 0 Å². The van der Waals surface area contributed by atoms with E-state index in [0.29, 0.717) is 6.20 Å². The van der Waals surface area contributed by atoms with Crippen molar-refractivity contribution in [2.45, 2.75) is 12.1 Å². The van der Waals surface area contributed by atoms with Crippen molar-refractivity contribution in [3.63, 3.8) is 0 Å². The van der Waals surface area contributed by atoms with E-state index >= 15 is 0 Å². The Labute approximate surface area is 102 Å². The summed E-state index contributed by atoms with van der Waals surface area (Å²) in [4.78, 5) is 24.4. The fraction of sp³-hybridized carbons (Fsp3) is 0.222. The van der Waals surface area contributed by atoms with Gasteiger partial charge in [0.15, 0.2) is 0 Å². The first kappa shape index (κ1) is 14.8. The van der Waals surface area contributed by atoms with Gasteiger partial charge in [0.05, 0.1) is 5.56 Å². The van der Waals surface area contributed by atoms with Crippen molar-refractivity contribution in [2.24, 2.45) is 0 Å². The molecule has 0 bridgehead atoms. The number of carbonyl (C=O) groups is 2. The quantitative estimate of drug-likeness (QED) is 0.831. The van der Waals surface area contributed by atoms with Crippen molar-refractivity contribution >= 4 is 17.7 Å². The average Bonchev–Trinajstić information content (AvgIpc) is 2.28. The predicted octanol–water partition coefficient (Wildman–Crippen LogP) is 1.92. The predicted molar refractivity (Wildman–Crippen MR) is 50.8 cm³/mol. The number of hydrogen-bond acceptors (Lipinski definition) is 3. The maximum absolute atomic E-state index is 12.6. The van der Waals surface area contributed by atoms with Gasteiger partial charge in [-0.15, -0.1) is 0 Å². The van der Waals surface area contributed by atoms with Gasteiger partial charge in [0, 0.05) is 6.20 Å². The van der Waals surface area contributed by atoms with Crippen molar-refractivity contribution < 1.29 is 36.6 Å². The largest absolute Gasteiger partial charge is 0.478 e. The standard InChI is InChI=1S/C9H5F5N2O3/c10-8(11,9(12,13)14)7(19)16-5-2-1-4(3-15-5)6(17)18/h1-3H,(H,17,18)(H,15,16,19). The second kappa shape index (κ2) is 4.78. The number of carbonyl (C=O) groups excluding carboxylic acids is 1. The number of aromatic carboxylic acids is 1. The minimum absolute atomic E-state index is 0.319. The van der Waals surface area contributed by atoms with Crippen LogP contribution in [0.25, 0.3) is 0 Å². The molecule has 5 nitrogen and oxygen atoms in total. The number of aromatic nitrogens is 1. The fourth-order valence-electron chi connectivity index (χ4n) is 0.918. The molecule has 0 unspecified atom stereocenters. The molecular weight excluding hydrogens is 279 g/mol. The number of nitrogens with zero attached hydrogens (tertiary/aromatic N) is 1. The van der Waals surface area contributed by atoms with Crippen molar-refractivity contribution in [1.82, 2.24) is 4.98 Å². The fourth-order valence-corrected chi connectivity index (χ4v) is 0.918. The van der Waals surface area contributed by atoms with Crippen molar-refractivity contribution in [3.8, 4) is 0 Å². The van der Waals surface area contributed by atoms with Gasteiger partial charge in [-0.2, -0.15) is 22.0 Å². The second-order valence-corrected chi connectivity index (χ2v) is 3.26. The summed E-state index contributed by atoms with van der Waals surface area (Å²) in [7, 11) is 0. The van der Waals surface area contributed by atoms with Crippen molar-refractivity contribution in [3.05, 3.63) is 23.9 Å². The molecule has 0 saturated heterocycles. The monoisotopic (exact) mass is 284 g/mol. The lowest BCUT2D eigenvalue weighted by Crippen LogP contribution is -2.47. The van der Waals surface area contributed by atoms with Crippen LogP contribution in [-0.2, 0) is 4.79 Å². The topological polar surface area (TPSA) is 79.3 Å². The maximum atomic E-state index is 12.6. The molecule has 0 aliphatic carbocycles. The number of hydrogen-bond donors (Lipinski definition) is 2. The lowest BCUT2D eigenvalue weighted by molar-refractivity contribution is -0.267. The van der Waals surface area contributed by atoms with E-state index in [9.17, 15) is 31.5 Å². The highest BCUT2D eigenvalue weighted by molar-refractivity contribution is 5.96. The number of pyridine rings is 1. The smallest absolute Gasteiger partial charge is 0.463 e. The molecule has 0 aliphatic rings. The first-order chi connectivity index (χ1) is 8.55. The highest BCUT2D eigenvalue weighted by atomic mass is 19.4. The Morgan fingerprint density at radius 2 is 1.74 bits per heavy atom. The van der Waals surface area contributed by atoms with Crippen molar-refractivity contribution in [2.75, 3.05) is 5.32 Å². The Kier molecular flexibility index (Phi) is 3.73. The molecular formula is C9H5F5N2O3. The summed E-state index contributed by atoms with van der Waals surface area (Å²) in [5.41, 5.74) is -0.319. The highest BCUT2D eigenvalue weighted by Crippen LogP contribution is 2.36. The molecule has 0 aliphatic heterocycles. The second-order valence-electron chi connectivity index (χ2n) is 3.26. The summed E-state index contributed by atoms with van der Waals surface area (Å²) in [5, 5.41) is 9.74. The van der Waals surface area contributed by atoms with Crippen LogP contribution in [0.4, 0.5) is 27.8 Å². The lowest BCUT2D eigenvalue weighted by atomic mass is 10.2. The number of amides is 1. The van der Waals surface area contributed by atoms with Crippen LogP contribution in [0.15, 0.2) is 18.3 Å². The molecule has 0 spiro atoms. The van der Waals surface area contributed by atoms with Gasteiger partial charge < -0.3 is 10.4 Å². The summed E-state index contributed by atoms with van der Waals surface area (Å²) in [5.74, 6) is -10.2. The summed E-state index contributed by atoms with van der Waals surface area (Å²) in [6, 6.07) is 1.67. The molecule has 0 atom stereocenters. The Morgan fingerprint density at radius 3 is 2.11 bits per heavy atom. The van der Waals surface area contributed by atoms with Crippen LogP contribution < -0.4 is 5.32 Å². The van der Waals surface area contributed by atoms with Crippen LogP contribution in [-0.4, -0.2) is 34.1 Å². The molecule has 1 rings (SSSR count). The van der Waals surface area contributed by atoms with Gasteiger partial charge in [-0.1, -0.05) is 0 Å². The highest BCUT2D eigenvalue weighted by Gasteiger charge is 2.63. The molecule has 0 saturated carbocycles. The van der Waals surface area contributed by atoms with Gasteiger partial charge in [-0.25, -0.2) is 9.78 Å². The van der Waals surface area contributed by atoms with Gasteiger partial charge in [0.1, 0.15) is 5.82 Å². The molecule has 1 heterocycles. The third-order valence-corrected chi connectivity index (χ3v) is 1.89. The zero-order valence-electron chi connectivity index (χ0n) is 8.83. The molecule has 0 fully saturated rings. The van der Waals surface area contributed by atoms with E-state index in [-0.39, 0.29) is 5.56 Å². The number of carboxylic acid groups (broad SMARTS) is 1. The molecule has 1 aromatic rings. The number of anilines is 1. The van der Waals surface area contributed by atoms with E-state index in [1.165, 1.54) is 5.32 Å². The Balaban J connectivity index is 2.86. The molecule has 0 aromatic carbocycles. The third-order valence-electron chi connectivity index (χ3n) is 1.89. The average molecular weight is 284 g/mol. The van der Waals surface area contributed by atoms with E-state index in [1.807, 2.05) is 0 Å². The number of nitrogens with one attached hydrogen (secondary N) is 1. The Bertz CT molecular complexity index is 498. The summed E-state index contributed by atoms with van der Waals surface area (Å²) >= 11 is 0. The molecule has 1 aromatic heterocycles. The molecule has 1 amide bonds. The summed E-state index contributed by atoms with van der Waals surface area (Å²) in [6.07, 6.45) is -5.33. The molecule has 0 radical (unpaired) electrons. The maximum Gasteiger partial charge on any atom is 0.463 e.